The molecule has 0 radical (unpaired) electrons. The summed E-state index contributed by atoms with van der Waals surface area (Å²) < 4.78 is 24.3. The smallest absolute Gasteiger partial charge is 0.261 e. The standard InChI is InChI=1S/C50H49N5O7S2/c1-50(2,64(6)63)16-15-47(56)53(3)34-18-30(28-61-45-24-39-37(22-43(45)59-4)48(57)54-35(26-51-39)20-32-11-7-9-13-41(32)54)17-31(19-34)29-62-46-25-40-38(23-44(46)60-5)49(58)55-36(27-52-40)21-33-12-8-10-14-42(33)55/h7-14,17-19,22-27,35-36H,15-16,20-21,28-29H2,1-6H3/t35-,36-,64?/m0/s1. The van der Waals surface area contributed by atoms with Crippen molar-refractivity contribution in [2.75, 3.05) is 42.2 Å². The molecular weight excluding hydrogens is 847 g/mol. The Balaban J connectivity index is 0.992. The number of ether oxygens (including phenoxy) is 4. The number of nitrogens with zero attached hydrogens (tertiary/aromatic N) is 5. The summed E-state index contributed by atoms with van der Waals surface area (Å²) in [6.07, 6.45) is 8.03. The molecule has 3 amide bonds. The van der Waals surface area contributed by atoms with E-state index >= 15 is 0 Å². The number of rotatable bonds is 13. The lowest BCUT2D eigenvalue weighted by Crippen LogP contribution is -2.37. The van der Waals surface area contributed by atoms with Crippen molar-refractivity contribution in [2.45, 2.75) is 69.6 Å². The summed E-state index contributed by atoms with van der Waals surface area (Å²) in [5, 5.41) is 0. The lowest BCUT2D eigenvalue weighted by Gasteiger charge is -2.26. The Kier molecular flexibility index (Phi) is 11.6. The molecule has 4 aliphatic rings. The van der Waals surface area contributed by atoms with Crippen LogP contribution in [0.5, 0.6) is 23.0 Å². The Hall–Kier alpha value is -6.38. The van der Waals surface area contributed by atoms with Gasteiger partial charge in [-0.1, -0.05) is 61.4 Å². The molecule has 0 spiro atoms. The highest BCUT2D eigenvalue weighted by atomic mass is 32.8. The summed E-state index contributed by atoms with van der Waals surface area (Å²) in [5.74, 6) is 1.25. The van der Waals surface area contributed by atoms with E-state index in [0.717, 1.165) is 33.6 Å². The van der Waals surface area contributed by atoms with Crippen LogP contribution in [0.15, 0.2) is 101 Å². The van der Waals surface area contributed by atoms with Crippen LogP contribution in [0.1, 0.15) is 69.7 Å². The number of fused-ring (bicyclic) bond motifs is 8. The molecule has 0 bridgehead atoms. The van der Waals surface area contributed by atoms with E-state index in [4.69, 9.17) is 40.1 Å². The van der Waals surface area contributed by atoms with Crippen LogP contribution >= 0.6 is 0 Å². The average Bonchev–Trinajstić information content (AvgIpc) is 3.79. The zero-order chi connectivity index (χ0) is 44.9. The summed E-state index contributed by atoms with van der Waals surface area (Å²) in [5.41, 5.74) is 7.97. The molecule has 0 aromatic heterocycles. The number of amides is 3. The van der Waals surface area contributed by atoms with Crippen LogP contribution < -0.4 is 33.6 Å². The maximum atomic E-state index is 14.0. The molecule has 14 heteroatoms. The van der Waals surface area contributed by atoms with Gasteiger partial charge < -0.3 is 23.8 Å². The molecule has 3 atom stereocenters. The third-order valence-electron chi connectivity index (χ3n) is 12.6. The third-order valence-corrected chi connectivity index (χ3v) is 15.7. The highest BCUT2D eigenvalue weighted by molar-refractivity contribution is 8.29. The van der Waals surface area contributed by atoms with Gasteiger partial charge in [0.1, 0.15) is 13.2 Å². The lowest BCUT2D eigenvalue weighted by atomic mass is 10.1. The van der Waals surface area contributed by atoms with Crippen molar-refractivity contribution in [3.05, 3.63) is 124 Å². The predicted octanol–water partition coefficient (Wildman–Crippen LogP) is 8.67. The van der Waals surface area contributed by atoms with E-state index in [1.165, 1.54) is 0 Å². The fourth-order valence-electron chi connectivity index (χ4n) is 8.67. The molecule has 0 N–H and O–H groups in total. The van der Waals surface area contributed by atoms with E-state index < -0.39 is 0 Å². The van der Waals surface area contributed by atoms with E-state index in [9.17, 15) is 14.4 Å². The molecule has 0 fully saturated rings. The number of benzene rings is 5. The minimum absolute atomic E-state index is 0.0466. The molecule has 0 aliphatic carbocycles. The number of carbonyl (C=O) groups excluding carboxylic acids is 3. The fourth-order valence-corrected chi connectivity index (χ4v) is 9.31. The molecule has 328 valence electrons. The molecule has 1 unspecified atom stereocenters. The number of para-hydroxylation sites is 2. The molecule has 0 saturated heterocycles. The van der Waals surface area contributed by atoms with Gasteiger partial charge in [-0.15, -0.1) is 9.45 Å². The average molecular weight is 896 g/mol. The van der Waals surface area contributed by atoms with Gasteiger partial charge in [-0.25, -0.2) is 0 Å². The fraction of sp³-hybridized carbons (Fsp3) is 0.300. The van der Waals surface area contributed by atoms with Crippen molar-refractivity contribution in [1.29, 1.82) is 0 Å². The van der Waals surface area contributed by atoms with Crippen molar-refractivity contribution in [3.8, 4) is 23.0 Å². The van der Waals surface area contributed by atoms with Crippen LogP contribution in [-0.2, 0) is 51.5 Å². The van der Waals surface area contributed by atoms with Gasteiger partial charge in [-0.2, -0.15) is 0 Å². The summed E-state index contributed by atoms with van der Waals surface area (Å²) >= 11 is 5.60. The van der Waals surface area contributed by atoms with Crippen LogP contribution in [0.3, 0.4) is 0 Å². The quantitative estimate of drug-likeness (QED) is 0.115. The minimum Gasteiger partial charge on any atom is -0.493 e. The molecular formula is C50H49N5O7S2. The van der Waals surface area contributed by atoms with Gasteiger partial charge in [-0.05, 0) is 77.4 Å². The molecule has 64 heavy (non-hydrogen) atoms. The maximum absolute atomic E-state index is 14.0. The minimum atomic E-state index is -0.284. The molecule has 5 aromatic rings. The second-order valence-electron chi connectivity index (χ2n) is 17.0. The Bertz CT molecular complexity index is 2640. The number of methoxy groups -OCH3 is 2. The molecule has 9 rings (SSSR count). The number of aliphatic imine (C=N–C) groups is 2. The Morgan fingerprint density at radius 3 is 1.66 bits per heavy atom. The van der Waals surface area contributed by atoms with Crippen molar-refractivity contribution in [3.63, 3.8) is 0 Å². The highest BCUT2D eigenvalue weighted by Gasteiger charge is 2.38. The summed E-state index contributed by atoms with van der Waals surface area (Å²) in [6.45, 7) is 4.40. The van der Waals surface area contributed by atoms with Gasteiger partial charge in [-0.3, -0.25) is 34.2 Å². The van der Waals surface area contributed by atoms with Crippen molar-refractivity contribution >= 4 is 79.2 Å². The highest BCUT2D eigenvalue weighted by Crippen LogP contribution is 2.43. The van der Waals surface area contributed by atoms with Crippen LogP contribution in [-0.4, -0.2) is 74.5 Å². The largest absolute Gasteiger partial charge is 0.493 e. The summed E-state index contributed by atoms with van der Waals surface area (Å²) in [4.78, 5) is 56.6. The van der Waals surface area contributed by atoms with Crippen LogP contribution in [0.4, 0.5) is 28.4 Å². The zero-order valence-corrected chi connectivity index (χ0v) is 38.3. The van der Waals surface area contributed by atoms with Gasteiger partial charge >= 0.3 is 0 Å². The number of carbonyl (C=O) groups is 3. The Morgan fingerprint density at radius 1 is 0.734 bits per heavy atom. The Morgan fingerprint density at radius 2 is 1.20 bits per heavy atom. The van der Waals surface area contributed by atoms with Crippen molar-refractivity contribution < 1.29 is 33.3 Å². The molecule has 0 saturated carbocycles. The number of anilines is 3. The molecule has 4 aliphatic heterocycles. The second-order valence-corrected chi connectivity index (χ2v) is 20.5. The van der Waals surface area contributed by atoms with Crippen LogP contribution in [0, 0.1) is 0 Å². The topological polar surface area (TPSA) is 123 Å². The molecule has 5 aromatic carbocycles. The SMILES string of the molecule is COc1cc2c(cc1OCc1cc(COc3cc4c(cc3OC)C(=O)N3c5ccccc5C[C@H]3C=N4)cc(N(C)C(=O)CCC(C)(C)S(C)=S)c1)N=C[C@@H]1Cc3ccccc3N1C2=O. The van der Waals surface area contributed by atoms with E-state index in [1.807, 2.05) is 85.4 Å². The van der Waals surface area contributed by atoms with Gasteiger partial charge in [0.25, 0.3) is 11.8 Å². The lowest BCUT2D eigenvalue weighted by molar-refractivity contribution is -0.118. The normalized spacial score (nSPS) is 17.3. The Labute approximate surface area is 380 Å². The molecule has 12 nitrogen and oxygen atoms in total. The van der Waals surface area contributed by atoms with Gasteiger partial charge in [0.2, 0.25) is 5.91 Å². The number of hydrogen-bond acceptors (Lipinski definition) is 10. The predicted molar refractivity (Wildman–Crippen MR) is 256 cm³/mol. The monoisotopic (exact) mass is 895 g/mol. The first kappa shape index (κ1) is 42.9. The number of hydrogen-bond donors (Lipinski definition) is 0. The van der Waals surface area contributed by atoms with E-state index in [2.05, 4.69) is 13.8 Å². The molecule has 4 heterocycles. The zero-order valence-electron chi connectivity index (χ0n) is 36.6. The van der Waals surface area contributed by atoms with Crippen LogP contribution in [0.25, 0.3) is 0 Å². The van der Waals surface area contributed by atoms with E-state index in [1.54, 1.807) is 60.2 Å². The van der Waals surface area contributed by atoms with Crippen molar-refractivity contribution in [2.24, 2.45) is 9.98 Å². The first-order chi connectivity index (χ1) is 30.8. The van der Waals surface area contributed by atoms with Crippen LogP contribution in [0.2, 0.25) is 0 Å². The maximum Gasteiger partial charge on any atom is 0.261 e. The summed E-state index contributed by atoms with van der Waals surface area (Å²) in [7, 11) is 4.56. The second kappa shape index (κ2) is 17.3. The first-order valence-electron chi connectivity index (χ1n) is 21.2. The van der Waals surface area contributed by atoms with Gasteiger partial charge in [0, 0.05) is 72.7 Å². The summed E-state index contributed by atoms with van der Waals surface area (Å²) in [6, 6.07) is 28.1. The van der Waals surface area contributed by atoms with Gasteiger partial charge in [0.15, 0.2) is 23.0 Å². The third kappa shape index (κ3) is 8.04. The first-order valence-corrected chi connectivity index (χ1v) is 23.7. The van der Waals surface area contributed by atoms with Gasteiger partial charge in [0.05, 0.1) is 48.8 Å². The van der Waals surface area contributed by atoms with Crippen molar-refractivity contribution in [1.82, 2.24) is 0 Å². The van der Waals surface area contributed by atoms with E-state index in [-0.39, 0.29) is 57.2 Å². The van der Waals surface area contributed by atoms with E-state index in [0.29, 0.717) is 76.9 Å².